The molecule has 0 bridgehead atoms. The van der Waals surface area contributed by atoms with Gasteiger partial charge in [0, 0.05) is 11.8 Å². The molecule has 1 aromatic rings. The van der Waals surface area contributed by atoms with E-state index in [1.54, 1.807) is 0 Å². The molecule has 1 aliphatic carbocycles. The molecular formula is C15H19FN2O3. The Bertz CT molecular complexity index is 605. The SMILES string of the molecule is C=C(CF)NC(=O)c1c(CCCC2CC2)cc(=O)oc1N. The molecule has 2 rings (SSSR count). The minimum atomic E-state index is -0.862. The van der Waals surface area contributed by atoms with E-state index in [1.165, 1.54) is 18.9 Å². The Morgan fingerprint density at radius 3 is 2.86 bits per heavy atom. The van der Waals surface area contributed by atoms with Gasteiger partial charge in [-0.15, -0.1) is 0 Å². The van der Waals surface area contributed by atoms with Crippen molar-refractivity contribution in [3.63, 3.8) is 0 Å². The average molecular weight is 294 g/mol. The van der Waals surface area contributed by atoms with E-state index in [-0.39, 0.29) is 17.1 Å². The maximum Gasteiger partial charge on any atom is 0.337 e. The summed E-state index contributed by atoms with van der Waals surface area (Å²) in [5.74, 6) is -0.0699. The predicted octanol–water partition coefficient (Wildman–Crippen LogP) is 2.17. The van der Waals surface area contributed by atoms with E-state index in [4.69, 9.17) is 10.2 Å². The molecule has 114 valence electrons. The van der Waals surface area contributed by atoms with Crippen LogP contribution in [0.25, 0.3) is 0 Å². The lowest BCUT2D eigenvalue weighted by Gasteiger charge is -2.11. The van der Waals surface area contributed by atoms with Crippen LogP contribution in [0.2, 0.25) is 0 Å². The zero-order valence-corrected chi connectivity index (χ0v) is 11.8. The van der Waals surface area contributed by atoms with Gasteiger partial charge in [0.05, 0.1) is 0 Å². The van der Waals surface area contributed by atoms with Crippen molar-refractivity contribution in [2.75, 3.05) is 12.4 Å². The summed E-state index contributed by atoms with van der Waals surface area (Å²) in [6.45, 7) is 2.51. The summed E-state index contributed by atoms with van der Waals surface area (Å²) < 4.78 is 17.2. The number of anilines is 1. The van der Waals surface area contributed by atoms with Crippen molar-refractivity contribution in [1.82, 2.24) is 5.32 Å². The Morgan fingerprint density at radius 2 is 2.24 bits per heavy atom. The van der Waals surface area contributed by atoms with Gasteiger partial charge in [0.2, 0.25) is 5.88 Å². The number of carbonyl (C=O) groups is 1. The molecule has 1 saturated carbocycles. The van der Waals surface area contributed by atoms with E-state index >= 15 is 0 Å². The fourth-order valence-corrected chi connectivity index (χ4v) is 2.26. The van der Waals surface area contributed by atoms with Crippen molar-refractivity contribution in [2.24, 2.45) is 5.92 Å². The van der Waals surface area contributed by atoms with Gasteiger partial charge >= 0.3 is 5.63 Å². The molecule has 0 spiro atoms. The van der Waals surface area contributed by atoms with Crippen LogP contribution in [-0.4, -0.2) is 12.6 Å². The van der Waals surface area contributed by atoms with Crippen LogP contribution in [0, 0.1) is 5.92 Å². The van der Waals surface area contributed by atoms with Crippen LogP contribution >= 0.6 is 0 Å². The molecule has 0 aromatic carbocycles. The fourth-order valence-electron chi connectivity index (χ4n) is 2.26. The second-order valence-corrected chi connectivity index (χ2v) is 5.36. The number of hydrogen-bond donors (Lipinski definition) is 2. The Morgan fingerprint density at radius 1 is 1.52 bits per heavy atom. The molecule has 21 heavy (non-hydrogen) atoms. The molecule has 3 N–H and O–H groups in total. The Kier molecular flexibility index (Phi) is 4.77. The second-order valence-electron chi connectivity index (χ2n) is 5.36. The molecule has 0 radical (unpaired) electrons. The molecular weight excluding hydrogens is 275 g/mol. The van der Waals surface area contributed by atoms with Crippen LogP contribution in [0.3, 0.4) is 0 Å². The first-order valence-electron chi connectivity index (χ1n) is 6.99. The van der Waals surface area contributed by atoms with E-state index in [1.807, 2.05) is 0 Å². The van der Waals surface area contributed by atoms with Crippen molar-refractivity contribution in [1.29, 1.82) is 0 Å². The highest BCUT2D eigenvalue weighted by molar-refractivity contribution is 6.00. The van der Waals surface area contributed by atoms with Gasteiger partial charge in [0.15, 0.2) is 0 Å². The third kappa shape index (κ3) is 4.18. The van der Waals surface area contributed by atoms with Crippen molar-refractivity contribution < 1.29 is 13.6 Å². The lowest BCUT2D eigenvalue weighted by Crippen LogP contribution is -2.26. The second kappa shape index (κ2) is 6.56. The van der Waals surface area contributed by atoms with Gasteiger partial charge in [-0.05, 0) is 24.3 Å². The van der Waals surface area contributed by atoms with Gasteiger partial charge in [-0.3, -0.25) is 4.79 Å². The van der Waals surface area contributed by atoms with Crippen molar-refractivity contribution in [3.8, 4) is 0 Å². The van der Waals surface area contributed by atoms with E-state index in [9.17, 15) is 14.0 Å². The Labute approximate surface area is 122 Å². The van der Waals surface area contributed by atoms with Gasteiger partial charge in [-0.25, -0.2) is 9.18 Å². The molecule has 0 atom stereocenters. The highest BCUT2D eigenvalue weighted by atomic mass is 19.1. The van der Waals surface area contributed by atoms with E-state index in [0.29, 0.717) is 12.0 Å². The Balaban J connectivity index is 2.17. The summed E-state index contributed by atoms with van der Waals surface area (Å²) in [7, 11) is 0. The number of nitrogens with one attached hydrogen (secondary N) is 1. The van der Waals surface area contributed by atoms with Crippen molar-refractivity contribution in [2.45, 2.75) is 32.1 Å². The lowest BCUT2D eigenvalue weighted by molar-refractivity contribution is 0.0961. The van der Waals surface area contributed by atoms with Crippen LogP contribution in [0.4, 0.5) is 10.3 Å². The van der Waals surface area contributed by atoms with Gasteiger partial charge in [0.25, 0.3) is 5.91 Å². The molecule has 5 nitrogen and oxygen atoms in total. The summed E-state index contributed by atoms with van der Waals surface area (Å²) in [6.07, 6.45) is 5.01. The molecule has 0 unspecified atom stereocenters. The summed E-state index contributed by atoms with van der Waals surface area (Å²) in [5.41, 5.74) is 5.62. The molecule has 1 heterocycles. The highest BCUT2D eigenvalue weighted by Crippen LogP contribution is 2.34. The number of alkyl halides is 1. The maximum absolute atomic E-state index is 12.4. The van der Waals surface area contributed by atoms with Crippen molar-refractivity contribution in [3.05, 3.63) is 39.9 Å². The van der Waals surface area contributed by atoms with Crippen LogP contribution in [0.15, 0.2) is 27.6 Å². The van der Waals surface area contributed by atoms with Crippen molar-refractivity contribution >= 4 is 11.8 Å². The van der Waals surface area contributed by atoms with Crippen LogP contribution in [-0.2, 0) is 6.42 Å². The minimum Gasteiger partial charge on any atom is -0.406 e. The third-order valence-corrected chi connectivity index (χ3v) is 3.50. The van der Waals surface area contributed by atoms with Gasteiger partial charge < -0.3 is 15.5 Å². The monoisotopic (exact) mass is 294 g/mol. The molecule has 0 aliphatic heterocycles. The van der Waals surface area contributed by atoms with E-state index in [2.05, 4.69) is 11.9 Å². The number of nitrogens with two attached hydrogens (primary N) is 1. The first kappa shape index (κ1) is 15.3. The summed E-state index contributed by atoms with van der Waals surface area (Å²) in [6, 6.07) is 1.27. The first-order chi connectivity index (χ1) is 10.0. The van der Waals surface area contributed by atoms with Gasteiger partial charge in [-0.1, -0.05) is 25.8 Å². The summed E-state index contributed by atoms with van der Waals surface area (Å²) in [4.78, 5) is 23.5. The Hall–Kier alpha value is -2.11. The molecule has 1 fully saturated rings. The molecule has 1 amide bonds. The summed E-state index contributed by atoms with van der Waals surface area (Å²) >= 11 is 0. The summed E-state index contributed by atoms with van der Waals surface area (Å²) in [5, 5.41) is 2.31. The number of carbonyl (C=O) groups excluding carboxylic acids is 1. The van der Waals surface area contributed by atoms with Gasteiger partial charge in [-0.2, -0.15) is 0 Å². The number of rotatable bonds is 7. The maximum atomic E-state index is 12.4. The number of amides is 1. The molecule has 0 saturated heterocycles. The average Bonchev–Trinajstić information content (AvgIpc) is 3.21. The van der Waals surface area contributed by atoms with Crippen LogP contribution < -0.4 is 16.7 Å². The molecule has 1 aromatic heterocycles. The number of aryl methyl sites for hydroxylation is 1. The zero-order chi connectivity index (χ0) is 15.4. The number of halogens is 1. The van der Waals surface area contributed by atoms with E-state index in [0.717, 1.165) is 18.8 Å². The number of hydrogen-bond acceptors (Lipinski definition) is 4. The topological polar surface area (TPSA) is 85.3 Å². The smallest absolute Gasteiger partial charge is 0.337 e. The molecule has 1 aliphatic rings. The highest BCUT2D eigenvalue weighted by Gasteiger charge is 2.22. The predicted molar refractivity (Wildman–Crippen MR) is 77.6 cm³/mol. The lowest BCUT2D eigenvalue weighted by atomic mass is 10.0. The molecule has 6 heteroatoms. The first-order valence-corrected chi connectivity index (χ1v) is 6.99. The van der Waals surface area contributed by atoms with Crippen LogP contribution in [0.1, 0.15) is 41.6 Å². The number of allylic oxidation sites excluding steroid dienone is 1. The minimum absolute atomic E-state index is 0.0606. The quantitative estimate of drug-likeness (QED) is 0.807. The fraction of sp³-hybridized carbons (Fsp3) is 0.467. The van der Waals surface area contributed by atoms with Crippen LogP contribution in [0.5, 0.6) is 0 Å². The standard InChI is InChI=1S/C15H19FN2O3/c1-9(8-16)18-15(20)13-11(4-2-3-10-5-6-10)7-12(19)21-14(13)17/h7,10H,1-6,8,17H2,(H,18,20). The van der Waals surface area contributed by atoms with Gasteiger partial charge in [0.1, 0.15) is 12.2 Å². The number of nitrogen functional groups attached to an aromatic ring is 1. The largest absolute Gasteiger partial charge is 0.406 e. The zero-order valence-electron chi connectivity index (χ0n) is 11.8. The normalized spacial score (nSPS) is 14.0. The third-order valence-electron chi connectivity index (χ3n) is 3.50. The van der Waals surface area contributed by atoms with E-state index < -0.39 is 18.2 Å².